The highest BCUT2D eigenvalue weighted by Crippen LogP contribution is 2.21. The van der Waals surface area contributed by atoms with E-state index < -0.39 is 10.0 Å². The van der Waals surface area contributed by atoms with E-state index in [1.807, 2.05) is 20.8 Å². The summed E-state index contributed by atoms with van der Waals surface area (Å²) >= 11 is 4.89. The van der Waals surface area contributed by atoms with Gasteiger partial charge in [0.2, 0.25) is 10.0 Å². The van der Waals surface area contributed by atoms with Gasteiger partial charge in [0, 0.05) is 12.1 Å². The second-order valence-electron chi connectivity index (χ2n) is 5.69. The van der Waals surface area contributed by atoms with Gasteiger partial charge in [0.25, 0.3) is 0 Å². The summed E-state index contributed by atoms with van der Waals surface area (Å²) in [6.45, 7) is 8.23. The Hall–Kier alpha value is -0.980. The summed E-state index contributed by atoms with van der Waals surface area (Å²) in [6, 6.07) is 4.88. The highest BCUT2D eigenvalue weighted by molar-refractivity contribution is 7.89. The van der Waals surface area contributed by atoms with Gasteiger partial charge in [-0.1, -0.05) is 39.1 Å². The molecule has 0 aliphatic heterocycles. The number of sulfonamides is 1. The molecule has 20 heavy (non-hydrogen) atoms. The van der Waals surface area contributed by atoms with Crippen molar-refractivity contribution in [2.45, 2.75) is 39.0 Å². The molecule has 0 saturated carbocycles. The summed E-state index contributed by atoms with van der Waals surface area (Å²) < 4.78 is 27.3. The van der Waals surface area contributed by atoms with Gasteiger partial charge in [0.05, 0.1) is 4.90 Å². The second-order valence-corrected chi connectivity index (χ2v) is 7.86. The third kappa shape index (κ3) is 4.26. The van der Waals surface area contributed by atoms with E-state index in [1.165, 1.54) is 0 Å². The molecule has 1 rings (SSSR count). The van der Waals surface area contributed by atoms with E-state index >= 15 is 0 Å². The van der Waals surface area contributed by atoms with Gasteiger partial charge in [-0.3, -0.25) is 0 Å². The summed E-state index contributed by atoms with van der Waals surface area (Å²) in [5.41, 5.74) is 6.78. The van der Waals surface area contributed by atoms with E-state index in [1.54, 1.807) is 25.1 Å². The summed E-state index contributed by atoms with van der Waals surface area (Å²) in [5, 5.41) is 0. The maximum Gasteiger partial charge on any atom is 0.240 e. The molecule has 0 saturated heterocycles. The summed E-state index contributed by atoms with van der Waals surface area (Å²) in [7, 11) is -3.51. The molecule has 0 bridgehead atoms. The number of hydrogen-bond donors (Lipinski definition) is 2. The van der Waals surface area contributed by atoms with Crippen molar-refractivity contribution < 1.29 is 8.42 Å². The largest absolute Gasteiger partial charge is 0.389 e. The zero-order valence-corrected chi connectivity index (χ0v) is 14.0. The summed E-state index contributed by atoms with van der Waals surface area (Å²) in [4.78, 5) is 0.529. The topological polar surface area (TPSA) is 72.2 Å². The zero-order valence-electron chi connectivity index (χ0n) is 12.4. The van der Waals surface area contributed by atoms with Crippen LogP contribution >= 0.6 is 12.2 Å². The lowest BCUT2D eigenvalue weighted by Crippen LogP contribution is -2.34. The molecule has 0 fully saturated rings. The third-order valence-electron chi connectivity index (χ3n) is 3.45. The van der Waals surface area contributed by atoms with Crippen LogP contribution in [0.25, 0.3) is 0 Å². The molecule has 1 aromatic rings. The molecule has 6 heteroatoms. The smallest absolute Gasteiger partial charge is 0.240 e. The van der Waals surface area contributed by atoms with Crippen LogP contribution in [0.4, 0.5) is 0 Å². The zero-order chi connectivity index (χ0) is 15.6. The Balaban J connectivity index is 3.02. The average Bonchev–Trinajstić information content (AvgIpc) is 2.36. The van der Waals surface area contributed by atoms with Gasteiger partial charge in [0.1, 0.15) is 4.99 Å². The maximum absolute atomic E-state index is 12.3. The Morgan fingerprint density at radius 3 is 2.45 bits per heavy atom. The van der Waals surface area contributed by atoms with Crippen LogP contribution in [0, 0.1) is 12.3 Å². The minimum absolute atomic E-state index is 0.0697. The SMILES string of the molecule is CCC(C)(C)CNS(=O)(=O)c1ccc(C(N)=S)cc1C. The van der Waals surface area contributed by atoms with Gasteiger partial charge in [-0.2, -0.15) is 0 Å². The van der Waals surface area contributed by atoms with Gasteiger partial charge in [0.15, 0.2) is 0 Å². The molecule has 0 radical (unpaired) electrons. The predicted molar refractivity (Wildman–Crippen MR) is 86.3 cm³/mol. The van der Waals surface area contributed by atoms with Crippen LogP contribution in [0.15, 0.2) is 23.1 Å². The lowest BCUT2D eigenvalue weighted by molar-refractivity contribution is 0.350. The fourth-order valence-corrected chi connectivity index (χ4v) is 3.19. The fourth-order valence-electron chi connectivity index (χ4n) is 1.60. The van der Waals surface area contributed by atoms with Crippen LogP contribution in [-0.4, -0.2) is 20.0 Å². The maximum atomic E-state index is 12.3. The molecule has 0 spiro atoms. The first-order chi connectivity index (χ1) is 9.09. The van der Waals surface area contributed by atoms with Crippen LogP contribution in [0.2, 0.25) is 0 Å². The van der Waals surface area contributed by atoms with Crippen molar-refractivity contribution in [1.29, 1.82) is 0 Å². The molecule has 4 nitrogen and oxygen atoms in total. The lowest BCUT2D eigenvalue weighted by atomic mass is 9.91. The van der Waals surface area contributed by atoms with Crippen LogP contribution in [0.5, 0.6) is 0 Å². The predicted octanol–water partition coefficient (Wildman–Crippen LogP) is 2.34. The lowest BCUT2D eigenvalue weighted by Gasteiger charge is -2.23. The first kappa shape index (κ1) is 17.1. The fraction of sp³-hybridized carbons (Fsp3) is 0.500. The highest BCUT2D eigenvalue weighted by Gasteiger charge is 2.22. The molecular weight excluding hydrogens is 292 g/mol. The Labute approximate surface area is 126 Å². The van der Waals surface area contributed by atoms with Gasteiger partial charge >= 0.3 is 0 Å². The van der Waals surface area contributed by atoms with Crippen LogP contribution in [0.1, 0.15) is 38.3 Å². The van der Waals surface area contributed by atoms with Crippen molar-refractivity contribution in [3.8, 4) is 0 Å². The van der Waals surface area contributed by atoms with Gasteiger partial charge < -0.3 is 5.73 Å². The highest BCUT2D eigenvalue weighted by atomic mass is 32.2. The Morgan fingerprint density at radius 1 is 1.40 bits per heavy atom. The molecule has 3 N–H and O–H groups in total. The molecule has 0 aliphatic rings. The van der Waals surface area contributed by atoms with Crippen LogP contribution < -0.4 is 10.5 Å². The van der Waals surface area contributed by atoms with E-state index in [-0.39, 0.29) is 15.3 Å². The van der Waals surface area contributed by atoms with Crippen molar-refractivity contribution in [2.24, 2.45) is 11.1 Å². The van der Waals surface area contributed by atoms with Crippen LogP contribution in [-0.2, 0) is 10.0 Å². The summed E-state index contributed by atoms with van der Waals surface area (Å²) in [5.74, 6) is 0. The normalized spacial score (nSPS) is 12.4. The number of benzene rings is 1. The molecular formula is C14H22N2O2S2. The van der Waals surface area contributed by atoms with E-state index in [4.69, 9.17) is 18.0 Å². The van der Waals surface area contributed by atoms with Crippen molar-refractivity contribution in [2.75, 3.05) is 6.54 Å². The van der Waals surface area contributed by atoms with Gasteiger partial charge in [-0.05, 0) is 36.5 Å². The minimum atomic E-state index is -3.51. The quantitative estimate of drug-likeness (QED) is 0.791. The third-order valence-corrected chi connectivity index (χ3v) is 5.24. The van der Waals surface area contributed by atoms with E-state index in [2.05, 4.69) is 4.72 Å². The van der Waals surface area contributed by atoms with E-state index in [0.717, 1.165) is 6.42 Å². The molecule has 0 atom stereocenters. The van der Waals surface area contributed by atoms with Gasteiger partial charge in [-0.25, -0.2) is 13.1 Å². The Kier molecular flexibility index (Phi) is 5.29. The Morgan fingerprint density at radius 2 is 2.00 bits per heavy atom. The first-order valence-corrected chi connectivity index (χ1v) is 8.38. The van der Waals surface area contributed by atoms with Crippen molar-refractivity contribution >= 4 is 27.2 Å². The average molecular weight is 314 g/mol. The van der Waals surface area contributed by atoms with Gasteiger partial charge in [-0.15, -0.1) is 0 Å². The monoisotopic (exact) mass is 314 g/mol. The van der Waals surface area contributed by atoms with Crippen molar-refractivity contribution in [3.63, 3.8) is 0 Å². The van der Waals surface area contributed by atoms with Crippen molar-refractivity contribution in [3.05, 3.63) is 29.3 Å². The second kappa shape index (κ2) is 6.20. The molecule has 0 aliphatic carbocycles. The number of thiocarbonyl (C=S) groups is 1. The molecule has 1 aromatic carbocycles. The minimum Gasteiger partial charge on any atom is -0.389 e. The van der Waals surface area contributed by atoms with E-state index in [9.17, 15) is 8.42 Å². The number of hydrogen-bond acceptors (Lipinski definition) is 3. The molecule has 0 unspecified atom stereocenters. The first-order valence-electron chi connectivity index (χ1n) is 6.49. The van der Waals surface area contributed by atoms with Crippen molar-refractivity contribution in [1.82, 2.24) is 4.72 Å². The number of rotatable bonds is 6. The number of nitrogens with two attached hydrogens (primary N) is 1. The van der Waals surface area contributed by atoms with Crippen LogP contribution in [0.3, 0.4) is 0 Å². The Bertz CT molecular complexity index is 608. The number of nitrogens with one attached hydrogen (secondary N) is 1. The summed E-state index contributed by atoms with van der Waals surface area (Å²) in [6.07, 6.45) is 0.898. The molecule has 0 aromatic heterocycles. The molecule has 0 heterocycles. The standard InChI is InChI=1S/C14H22N2O2S2/c1-5-14(3,4)9-16-20(17,18)12-7-6-11(13(15)19)8-10(12)2/h6-8,16H,5,9H2,1-4H3,(H2,15,19). The van der Waals surface area contributed by atoms with E-state index in [0.29, 0.717) is 17.7 Å². The molecule has 0 amide bonds. The molecule has 112 valence electrons. The number of aryl methyl sites for hydroxylation is 1.